The summed E-state index contributed by atoms with van der Waals surface area (Å²) in [5, 5.41) is 18.5. The van der Waals surface area contributed by atoms with Gasteiger partial charge in [-0.3, -0.25) is 0 Å². The smallest absolute Gasteiger partial charge is 0.190 e. The lowest BCUT2D eigenvalue weighted by molar-refractivity contribution is 0.465. The van der Waals surface area contributed by atoms with E-state index in [1.807, 2.05) is 6.07 Å². The van der Waals surface area contributed by atoms with Crippen molar-refractivity contribution in [1.29, 1.82) is 0 Å². The highest BCUT2D eigenvalue weighted by Crippen LogP contribution is 2.37. The number of nitrogens with one attached hydrogen (secondary N) is 1. The minimum absolute atomic E-state index is 0.340. The van der Waals surface area contributed by atoms with Gasteiger partial charge in [-0.2, -0.15) is 4.68 Å². The van der Waals surface area contributed by atoms with Crippen LogP contribution in [0.4, 0.5) is 5.82 Å². The molecule has 0 radical (unpaired) electrons. The molecule has 7 nitrogen and oxygen atoms in total. The van der Waals surface area contributed by atoms with Crippen LogP contribution in [0.5, 0.6) is 0 Å². The summed E-state index contributed by atoms with van der Waals surface area (Å²) < 4.78 is 1.53. The Morgan fingerprint density at radius 1 is 1.13 bits per heavy atom. The summed E-state index contributed by atoms with van der Waals surface area (Å²) in [6, 6.07) is 9.53. The van der Waals surface area contributed by atoms with Crippen molar-refractivity contribution >= 4 is 40.4 Å². The molecular formula is C21H19Cl2N7S. The summed E-state index contributed by atoms with van der Waals surface area (Å²) in [7, 11) is 0. The molecule has 0 unspecified atom stereocenters. The maximum atomic E-state index is 6.39. The number of hydrogen-bond donors (Lipinski definition) is 2. The Kier molecular flexibility index (Phi) is 5.62. The molecule has 10 heteroatoms. The molecule has 1 fully saturated rings. The highest BCUT2D eigenvalue weighted by molar-refractivity contribution is 7.10. The maximum Gasteiger partial charge on any atom is 0.190 e. The Hall–Kier alpha value is -2.52. The fraction of sp³-hybridized carbons (Fsp3) is 0.238. The first-order valence-corrected chi connectivity index (χ1v) is 11.5. The van der Waals surface area contributed by atoms with Gasteiger partial charge >= 0.3 is 0 Å². The number of tetrazole rings is 1. The monoisotopic (exact) mass is 471 g/mol. The number of hydrogen-bond acceptors (Lipinski definition) is 7. The van der Waals surface area contributed by atoms with Gasteiger partial charge < -0.3 is 11.1 Å². The first-order chi connectivity index (χ1) is 15.1. The second kappa shape index (κ2) is 8.55. The van der Waals surface area contributed by atoms with Crippen LogP contribution < -0.4 is 11.1 Å². The summed E-state index contributed by atoms with van der Waals surface area (Å²) in [4.78, 5) is 5.82. The van der Waals surface area contributed by atoms with E-state index in [2.05, 4.69) is 37.3 Å². The van der Waals surface area contributed by atoms with Crippen molar-refractivity contribution in [2.24, 2.45) is 0 Å². The molecule has 5 rings (SSSR count). The van der Waals surface area contributed by atoms with Crippen LogP contribution in [-0.2, 0) is 0 Å². The van der Waals surface area contributed by atoms with E-state index in [9.17, 15) is 0 Å². The van der Waals surface area contributed by atoms with Crippen molar-refractivity contribution in [3.63, 3.8) is 0 Å². The van der Waals surface area contributed by atoms with Crippen LogP contribution in [-0.4, -0.2) is 38.3 Å². The number of halogens is 2. The topological polar surface area (TPSA) is 94.5 Å². The fourth-order valence-corrected chi connectivity index (χ4v) is 5.28. The Bertz CT molecular complexity index is 1230. The van der Waals surface area contributed by atoms with Crippen LogP contribution in [0.3, 0.4) is 0 Å². The van der Waals surface area contributed by atoms with Crippen molar-refractivity contribution in [3.05, 3.63) is 56.8 Å². The van der Waals surface area contributed by atoms with Crippen molar-refractivity contribution in [2.45, 2.75) is 18.8 Å². The molecule has 0 spiro atoms. The van der Waals surface area contributed by atoms with E-state index in [0.717, 1.165) is 24.2 Å². The predicted octanol–water partition coefficient (Wildman–Crippen LogP) is 4.81. The van der Waals surface area contributed by atoms with Gasteiger partial charge in [-0.05, 0) is 77.5 Å². The molecule has 4 heterocycles. The van der Waals surface area contributed by atoms with Crippen LogP contribution in [0.15, 0.2) is 41.9 Å². The molecule has 4 aromatic rings. The third-order valence-corrected chi connectivity index (χ3v) is 7.39. The molecule has 0 aliphatic carbocycles. The van der Waals surface area contributed by atoms with Crippen molar-refractivity contribution in [3.8, 4) is 28.2 Å². The fourth-order valence-electron chi connectivity index (χ4n) is 3.81. The molecule has 158 valence electrons. The van der Waals surface area contributed by atoms with Gasteiger partial charge in [-0.15, -0.1) is 16.4 Å². The lowest BCUT2D eigenvalue weighted by Gasteiger charge is -2.21. The molecule has 3 N–H and O–H groups in total. The van der Waals surface area contributed by atoms with Gasteiger partial charge in [0.05, 0.1) is 21.3 Å². The Morgan fingerprint density at radius 2 is 1.97 bits per heavy atom. The molecular weight excluding hydrogens is 453 g/mol. The summed E-state index contributed by atoms with van der Waals surface area (Å²) in [6.45, 7) is 2.14. The van der Waals surface area contributed by atoms with Crippen LogP contribution in [0.1, 0.15) is 23.6 Å². The Labute approximate surface area is 193 Å². The Balaban J connectivity index is 1.53. The number of rotatable bonds is 4. The van der Waals surface area contributed by atoms with E-state index in [0.29, 0.717) is 38.9 Å². The number of pyridine rings is 1. The van der Waals surface area contributed by atoms with Crippen LogP contribution in [0, 0.1) is 0 Å². The van der Waals surface area contributed by atoms with Gasteiger partial charge in [0, 0.05) is 16.6 Å². The highest BCUT2D eigenvalue weighted by atomic mass is 35.5. The number of thiophene rings is 1. The summed E-state index contributed by atoms with van der Waals surface area (Å²) in [5.41, 5.74) is 9.50. The minimum atomic E-state index is 0.340. The summed E-state index contributed by atoms with van der Waals surface area (Å²) in [5.74, 6) is 1.40. The van der Waals surface area contributed by atoms with Crippen molar-refractivity contribution in [1.82, 2.24) is 30.5 Å². The number of nitrogen functional groups attached to an aromatic ring is 1. The third kappa shape index (κ3) is 3.92. The average Bonchev–Trinajstić information content (AvgIpc) is 3.47. The van der Waals surface area contributed by atoms with E-state index in [1.165, 1.54) is 22.4 Å². The van der Waals surface area contributed by atoms with Gasteiger partial charge in [-0.25, -0.2) is 4.98 Å². The largest absolute Gasteiger partial charge is 0.383 e. The van der Waals surface area contributed by atoms with Gasteiger partial charge in [0.1, 0.15) is 5.82 Å². The van der Waals surface area contributed by atoms with E-state index >= 15 is 0 Å². The van der Waals surface area contributed by atoms with E-state index in [4.69, 9.17) is 28.9 Å². The number of nitrogens with two attached hydrogens (primary N) is 1. The highest BCUT2D eigenvalue weighted by Gasteiger charge is 2.20. The van der Waals surface area contributed by atoms with Crippen LogP contribution in [0.25, 0.3) is 28.2 Å². The van der Waals surface area contributed by atoms with E-state index < -0.39 is 0 Å². The van der Waals surface area contributed by atoms with E-state index in [-0.39, 0.29) is 0 Å². The van der Waals surface area contributed by atoms with E-state index in [1.54, 1.807) is 35.7 Å². The standard InChI is InChI=1S/C21H19Cl2N7S/c22-16-2-1-3-17(19(16)23)30-21(27-28-29-30)15-8-13(10-26-20(15)24)14-9-18(31-11-14)12-4-6-25-7-5-12/h1-3,8-12,25H,4-7H2,(H2,24,26). The lowest BCUT2D eigenvalue weighted by atomic mass is 9.95. The number of nitrogens with zero attached hydrogens (tertiary/aromatic N) is 5. The zero-order valence-corrected chi connectivity index (χ0v) is 18.8. The summed E-state index contributed by atoms with van der Waals surface area (Å²) >= 11 is 14.4. The quantitative estimate of drug-likeness (QED) is 0.443. The molecule has 0 bridgehead atoms. The molecule has 1 aliphatic heterocycles. The SMILES string of the molecule is Nc1ncc(-c2csc(C3CCNCC3)c2)cc1-c1nnnn1-c1cccc(Cl)c1Cl. The first-order valence-electron chi connectivity index (χ1n) is 9.90. The normalized spacial score (nSPS) is 14.8. The maximum absolute atomic E-state index is 6.39. The van der Waals surface area contributed by atoms with Gasteiger partial charge in [-0.1, -0.05) is 29.3 Å². The second-order valence-electron chi connectivity index (χ2n) is 7.41. The number of anilines is 1. The van der Waals surface area contributed by atoms with Crippen LogP contribution in [0.2, 0.25) is 10.0 Å². The summed E-state index contributed by atoms with van der Waals surface area (Å²) in [6.07, 6.45) is 4.12. The molecule has 1 aromatic carbocycles. The van der Waals surface area contributed by atoms with Gasteiger partial charge in [0.2, 0.25) is 0 Å². The van der Waals surface area contributed by atoms with Crippen molar-refractivity contribution < 1.29 is 0 Å². The Morgan fingerprint density at radius 3 is 2.81 bits per heavy atom. The molecule has 0 atom stereocenters. The molecule has 1 saturated heterocycles. The molecule has 1 aliphatic rings. The minimum Gasteiger partial charge on any atom is -0.383 e. The molecule has 31 heavy (non-hydrogen) atoms. The third-order valence-electron chi connectivity index (χ3n) is 5.48. The lowest BCUT2D eigenvalue weighted by Crippen LogP contribution is -2.26. The predicted molar refractivity (Wildman–Crippen MR) is 125 cm³/mol. The molecule has 0 saturated carbocycles. The zero-order valence-electron chi connectivity index (χ0n) is 16.4. The second-order valence-corrected chi connectivity index (χ2v) is 9.13. The molecule has 0 amide bonds. The number of benzene rings is 1. The van der Waals surface area contributed by atoms with Crippen LogP contribution >= 0.6 is 34.5 Å². The average molecular weight is 472 g/mol. The van der Waals surface area contributed by atoms with Gasteiger partial charge in [0.25, 0.3) is 0 Å². The van der Waals surface area contributed by atoms with Gasteiger partial charge in [0.15, 0.2) is 5.82 Å². The number of piperidine rings is 1. The molecule has 3 aromatic heterocycles. The number of aromatic nitrogens is 5. The van der Waals surface area contributed by atoms with Crippen molar-refractivity contribution in [2.75, 3.05) is 18.8 Å². The first kappa shape index (κ1) is 20.4. The zero-order chi connectivity index (χ0) is 21.4.